The Morgan fingerprint density at radius 1 is 1.23 bits per heavy atom. The number of nitrogens with zero attached hydrogens (tertiary/aromatic N) is 7. The zero-order valence-corrected chi connectivity index (χ0v) is 26.0. The predicted octanol–water partition coefficient (Wildman–Crippen LogP) is 5.27. The van der Waals surface area contributed by atoms with Gasteiger partial charge in [0.2, 0.25) is 5.91 Å². The van der Waals surface area contributed by atoms with Crippen molar-refractivity contribution in [2.75, 3.05) is 38.6 Å². The van der Waals surface area contributed by atoms with Gasteiger partial charge in [-0.05, 0) is 69.6 Å². The Morgan fingerprint density at radius 3 is 2.63 bits per heavy atom. The van der Waals surface area contributed by atoms with Crippen LogP contribution >= 0.6 is 11.6 Å². The summed E-state index contributed by atoms with van der Waals surface area (Å²) < 4.78 is 16.6. The van der Waals surface area contributed by atoms with Gasteiger partial charge in [-0.1, -0.05) is 38.1 Å². The predicted molar refractivity (Wildman–Crippen MR) is 169 cm³/mol. The molecule has 0 saturated carbocycles. The molecule has 1 unspecified atom stereocenters. The Kier molecular flexibility index (Phi) is 8.80. The number of allylic oxidation sites excluding steroid dienone is 4. The second-order valence-corrected chi connectivity index (χ2v) is 12.0. The average Bonchev–Trinajstić information content (AvgIpc) is 2.96. The summed E-state index contributed by atoms with van der Waals surface area (Å²) in [6.07, 6.45) is 7.63. The third-order valence-electron chi connectivity index (χ3n) is 7.83. The van der Waals surface area contributed by atoms with E-state index in [1.807, 2.05) is 50.7 Å². The second-order valence-electron chi connectivity index (χ2n) is 11.6. The van der Waals surface area contributed by atoms with E-state index in [0.717, 1.165) is 11.3 Å². The van der Waals surface area contributed by atoms with E-state index in [-0.39, 0.29) is 28.6 Å². The molecule has 1 aliphatic heterocycles. The number of rotatable bonds is 7. The van der Waals surface area contributed by atoms with Crippen molar-refractivity contribution in [2.24, 2.45) is 0 Å². The summed E-state index contributed by atoms with van der Waals surface area (Å²) in [6, 6.07) is 3.47. The van der Waals surface area contributed by atoms with Crippen molar-refractivity contribution in [3.05, 3.63) is 81.4 Å². The molecule has 0 radical (unpaired) electrons. The Hall–Kier alpha value is -3.89. The largest absolute Gasteiger partial charge is 0.355 e. The smallest absolute Gasteiger partial charge is 0.350 e. The molecule has 1 aliphatic carbocycles. The molecule has 0 spiro atoms. The van der Waals surface area contributed by atoms with Crippen LogP contribution in [0.1, 0.15) is 56.5 Å². The lowest BCUT2D eigenvalue weighted by molar-refractivity contribution is -0.126. The molecule has 3 aromatic heterocycles. The first-order valence-corrected chi connectivity index (χ1v) is 14.9. The van der Waals surface area contributed by atoms with Gasteiger partial charge in [-0.25, -0.2) is 18.7 Å². The summed E-state index contributed by atoms with van der Waals surface area (Å²) in [5, 5.41) is 0.813. The number of hydrogen-bond acceptors (Lipinski definition) is 7. The Morgan fingerprint density at radius 2 is 1.98 bits per heavy atom. The second kappa shape index (κ2) is 12.4. The molecule has 0 N–H and O–H groups in total. The van der Waals surface area contributed by atoms with E-state index in [2.05, 4.69) is 16.5 Å². The molecule has 0 aromatic carbocycles. The van der Waals surface area contributed by atoms with Gasteiger partial charge in [-0.3, -0.25) is 9.78 Å². The molecule has 4 heterocycles. The number of piperazine rings is 1. The third-order valence-corrected chi connectivity index (χ3v) is 8.12. The third kappa shape index (κ3) is 5.86. The number of carbonyl (C=O) groups excluding carboxylic acids is 1. The van der Waals surface area contributed by atoms with Gasteiger partial charge < -0.3 is 14.7 Å². The highest BCUT2D eigenvalue weighted by Crippen LogP contribution is 2.37. The first-order chi connectivity index (χ1) is 20.5. The van der Waals surface area contributed by atoms with Crippen molar-refractivity contribution in [3.63, 3.8) is 0 Å². The first-order valence-electron chi connectivity index (χ1n) is 14.5. The molecule has 1 fully saturated rings. The minimum Gasteiger partial charge on any atom is -0.350 e. The van der Waals surface area contributed by atoms with Gasteiger partial charge in [0, 0.05) is 44.0 Å². The number of pyridine rings is 2. The monoisotopic (exact) mass is 605 g/mol. The molecule has 11 heteroatoms. The van der Waals surface area contributed by atoms with Crippen molar-refractivity contribution in [2.45, 2.75) is 52.1 Å². The fourth-order valence-electron chi connectivity index (χ4n) is 5.83. The highest BCUT2D eigenvalue weighted by molar-refractivity contribution is 6.33. The van der Waals surface area contributed by atoms with Crippen LogP contribution in [0.25, 0.3) is 22.3 Å². The van der Waals surface area contributed by atoms with Crippen LogP contribution in [0.5, 0.6) is 0 Å². The number of anilines is 1. The van der Waals surface area contributed by atoms with Gasteiger partial charge in [0.25, 0.3) is 0 Å². The lowest BCUT2D eigenvalue weighted by Gasteiger charge is -2.40. The van der Waals surface area contributed by atoms with E-state index in [1.54, 1.807) is 23.2 Å². The molecular formula is C32H37ClFN7O2. The lowest BCUT2D eigenvalue weighted by Crippen LogP contribution is -2.54. The summed E-state index contributed by atoms with van der Waals surface area (Å²) in [5.74, 6) is -0.121. The average molecular weight is 606 g/mol. The quantitative estimate of drug-likeness (QED) is 0.339. The summed E-state index contributed by atoms with van der Waals surface area (Å²) >= 11 is 6.84. The van der Waals surface area contributed by atoms with Crippen LogP contribution in [0.15, 0.2) is 53.8 Å². The van der Waals surface area contributed by atoms with Crippen LogP contribution in [0.2, 0.25) is 5.02 Å². The van der Waals surface area contributed by atoms with Crippen LogP contribution in [-0.2, 0) is 11.3 Å². The molecule has 1 saturated heterocycles. The summed E-state index contributed by atoms with van der Waals surface area (Å²) in [6.45, 7) is 11.5. The number of halogens is 2. The van der Waals surface area contributed by atoms with Crippen LogP contribution in [-0.4, -0.2) is 75.0 Å². The summed E-state index contributed by atoms with van der Waals surface area (Å²) in [4.78, 5) is 46.5. The number of amides is 1. The van der Waals surface area contributed by atoms with Gasteiger partial charge in [0.05, 0.1) is 27.5 Å². The van der Waals surface area contributed by atoms with Crippen molar-refractivity contribution in [1.29, 1.82) is 0 Å². The van der Waals surface area contributed by atoms with E-state index in [9.17, 15) is 9.59 Å². The van der Waals surface area contributed by atoms with Crippen molar-refractivity contribution in [3.8, 4) is 5.69 Å². The molecule has 1 amide bonds. The molecule has 9 nitrogen and oxygen atoms in total. The van der Waals surface area contributed by atoms with E-state index < -0.39 is 11.5 Å². The SMILES string of the molecule is C=CC(=O)N1CCN(c2nc(=O)n(-c3c(CN(C)C)ccnc3C(C)C)c3nc(C4=CCCC=C4F)c(Cl)cc23)C(C)C1. The standard InChI is InChI=1S/C32H37ClFN7O2/c1-7-26(42)39-14-15-40(20(4)17-39)30-23-16-24(33)28(22-10-8-9-11-25(22)34)36-31(23)41(32(43)37-30)29-21(18-38(5)6)12-13-35-27(29)19(2)3/h7,10-13,16,19-20H,1,8-9,14-15,17-18H2,2-6H3. The van der Waals surface area contributed by atoms with Gasteiger partial charge in [0.1, 0.15) is 11.6 Å². The van der Waals surface area contributed by atoms with Gasteiger partial charge in [-0.2, -0.15) is 4.98 Å². The van der Waals surface area contributed by atoms with E-state index >= 15 is 4.39 Å². The Bertz CT molecular complexity index is 1710. The van der Waals surface area contributed by atoms with E-state index in [1.165, 1.54) is 16.7 Å². The Balaban J connectivity index is 1.82. The van der Waals surface area contributed by atoms with E-state index in [4.69, 9.17) is 16.6 Å². The normalized spacial score (nSPS) is 17.5. The number of hydrogen-bond donors (Lipinski definition) is 0. The molecule has 0 bridgehead atoms. The van der Waals surface area contributed by atoms with Crippen LogP contribution in [0, 0.1) is 0 Å². The Labute approximate surface area is 256 Å². The van der Waals surface area contributed by atoms with Crippen LogP contribution in [0.4, 0.5) is 10.2 Å². The number of fused-ring (bicyclic) bond motifs is 1. The summed E-state index contributed by atoms with van der Waals surface area (Å²) in [7, 11) is 3.92. The highest BCUT2D eigenvalue weighted by Gasteiger charge is 2.31. The topological polar surface area (TPSA) is 87.5 Å². The zero-order chi connectivity index (χ0) is 31.0. The van der Waals surface area contributed by atoms with Crippen molar-refractivity contribution < 1.29 is 9.18 Å². The fourth-order valence-corrected chi connectivity index (χ4v) is 6.09. The molecule has 1 atom stereocenters. The van der Waals surface area contributed by atoms with Gasteiger partial charge >= 0.3 is 5.69 Å². The maximum Gasteiger partial charge on any atom is 0.355 e. The minimum absolute atomic E-state index is 0.0116. The van der Waals surface area contributed by atoms with Gasteiger partial charge in [-0.15, -0.1) is 0 Å². The maximum atomic E-state index is 15.1. The summed E-state index contributed by atoms with van der Waals surface area (Å²) in [5.41, 5.74) is 2.60. The molecule has 2 aliphatic rings. The lowest BCUT2D eigenvalue weighted by atomic mass is 10.0. The van der Waals surface area contributed by atoms with Gasteiger partial charge in [0.15, 0.2) is 5.65 Å². The molecule has 226 valence electrons. The molecule has 43 heavy (non-hydrogen) atoms. The molecule has 3 aromatic rings. The van der Waals surface area contributed by atoms with E-state index in [0.29, 0.717) is 67.1 Å². The number of carbonyl (C=O) groups is 1. The fraction of sp³-hybridized carbons (Fsp3) is 0.406. The van der Waals surface area contributed by atoms with Crippen LogP contribution in [0.3, 0.4) is 0 Å². The maximum absolute atomic E-state index is 15.1. The highest BCUT2D eigenvalue weighted by atomic mass is 35.5. The first kappa shape index (κ1) is 30.6. The van der Waals surface area contributed by atoms with Crippen molar-refractivity contribution in [1.82, 2.24) is 29.3 Å². The zero-order valence-electron chi connectivity index (χ0n) is 25.3. The van der Waals surface area contributed by atoms with Crippen molar-refractivity contribution >= 4 is 39.9 Å². The number of aromatic nitrogens is 4. The minimum atomic E-state index is -0.524. The van der Waals surface area contributed by atoms with Crippen LogP contribution < -0.4 is 10.6 Å². The molecular weight excluding hydrogens is 569 g/mol. The molecule has 5 rings (SSSR count).